The van der Waals surface area contributed by atoms with Gasteiger partial charge in [0.2, 0.25) is 0 Å². The molecule has 7 heteroatoms. The van der Waals surface area contributed by atoms with Crippen LogP contribution in [0.15, 0.2) is 17.8 Å². The Morgan fingerprint density at radius 2 is 2.25 bits per heavy atom. The minimum atomic E-state index is -0.450. The van der Waals surface area contributed by atoms with Crippen LogP contribution in [-0.4, -0.2) is 29.2 Å². The third-order valence-electron chi connectivity index (χ3n) is 3.64. The summed E-state index contributed by atoms with van der Waals surface area (Å²) in [5.74, 6) is -0.450. The van der Waals surface area contributed by atoms with E-state index in [1.54, 1.807) is 19.4 Å². The Hall–Kier alpha value is -2.43. The summed E-state index contributed by atoms with van der Waals surface area (Å²) in [7, 11) is 1.66. The second kappa shape index (κ2) is 7.90. The van der Waals surface area contributed by atoms with Crippen LogP contribution in [0.1, 0.15) is 21.8 Å². The average molecular weight is 344 g/mol. The molecule has 6 nitrogen and oxygen atoms in total. The monoisotopic (exact) mass is 344 g/mol. The Morgan fingerprint density at radius 1 is 1.50 bits per heavy atom. The molecule has 0 spiro atoms. The summed E-state index contributed by atoms with van der Waals surface area (Å²) < 4.78 is 7.22. The van der Waals surface area contributed by atoms with Crippen molar-refractivity contribution in [1.82, 2.24) is 9.55 Å². The molecule has 0 bridgehead atoms. The lowest BCUT2D eigenvalue weighted by Gasteiger charge is -2.08. The number of nitrogens with zero attached hydrogens (tertiary/aromatic N) is 3. The predicted octanol–water partition coefficient (Wildman–Crippen LogP) is 3.06. The number of methoxy groups -OCH3 is 1. The summed E-state index contributed by atoms with van der Waals surface area (Å²) in [4.78, 5) is 17.3. The molecule has 0 aliphatic carbocycles. The molecule has 126 valence electrons. The Kier molecular flexibility index (Phi) is 5.90. The number of rotatable bonds is 6. The van der Waals surface area contributed by atoms with Crippen LogP contribution in [0, 0.1) is 32.1 Å². The van der Waals surface area contributed by atoms with E-state index in [1.807, 2.05) is 32.9 Å². The lowest BCUT2D eigenvalue weighted by molar-refractivity contribution is -0.112. The molecule has 0 atom stereocenters. The van der Waals surface area contributed by atoms with Gasteiger partial charge in [0, 0.05) is 36.1 Å². The van der Waals surface area contributed by atoms with Gasteiger partial charge in [0.1, 0.15) is 11.6 Å². The molecule has 2 aromatic rings. The van der Waals surface area contributed by atoms with E-state index >= 15 is 0 Å². The van der Waals surface area contributed by atoms with Gasteiger partial charge in [-0.15, -0.1) is 11.3 Å². The molecule has 0 radical (unpaired) electrons. The summed E-state index contributed by atoms with van der Waals surface area (Å²) in [6, 6.07) is 3.93. The van der Waals surface area contributed by atoms with E-state index in [9.17, 15) is 10.1 Å². The smallest absolute Gasteiger partial charge is 0.268 e. The van der Waals surface area contributed by atoms with Gasteiger partial charge in [-0.1, -0.05) is 0 Å². The van der Waals surface area contributed by atoms with Crippen LogP contribution in [0.25, 0.3) is 6.08 Å². The Balaban J connectivity index is 2.24. The first-order chi connectivity index (χ1) is 11.5. The molecule has 0 saturated carbocycles. The van der Waals surface area contributed by atoms with Gasteiger partial charge in [-0.3, -0.25) is 10.1 Å². The zero-order valence-corrected chi connectivity index (χ0v) is 15.0. The number of hydrogen-bond acceptors (Lipinski definition) is 5. The Labute approximate surface area is 145 Å². The zero-order valence-electron chi connectivity index (χ0n) is 14.2. The van der Waals surface area contributed by atoms with Crippen molar-refractivity contribution < 1.29 is 9.53 Å². The van der Waals surface area contributed by atoms with Crippen molar-refractivity contribution in [3.8, 4) is 6.07 Å². The number of aromatic nitrogens is 2. The SMILES string of the molecule is COCCn1c(C)cc(C=C(C#N)C(=O)Nc2ncc(C)s2)c1C. The number of carbonyl (C=O) groups is 1. The maximum absolute atomic E-state index is 12.3. The molecular formula is C17H20N4O2S. The van der Waals surface area contributed by atoms with Crippen LogP contribution in [0.5, 0.6) is 0 Å². The number of nitrogens with one attached hydrogen (secondary N) is 1. The van der Waals surface area contributed by atoms with Crippen molar-refractivity contribution in [2.45, 2.75) is 27.3 Å². The first-order valence-electron chi connectivity index (χ1n) is 7.47. The van der Waals surface area contributed by atoms with Gasteiger partial charge >= 0.3 is 0 Å². The van der Waals surface area contributed by atoms with Crippen LogP contribution in [0.4, 0.5) is 5.13 Å². The second-order valence-corrected chi connectivity index (χ2v) is 6.61. The van der Waals surface area contributed by atoms with Crippen LogP contribution >= 0.6 is 11.3 Å². The Morgan fingerprint density at radius 3 is 2.83 bits per heavy atom. The molecule has 0 fully saturated rings. The average Bonchev–Trinajstić information content (AvgIpc) is 3.06. The molecule has 0 unspecified atom stereocenters. The van der Waals surface area contributed by atoms with Gasteiger partial charge in [0.15, 0.2) is 5.13 Å². The van der Waals surface area contributed by atoms with Gasteiger partial charge in [0.05, 0.1) is 6.61 Å². The van der Waals surface area contributed by atoms with Gasteiger partial charge < -0.3 is 9.30 Å². The van der Waals surface area contributed by atoms with Gasteiger partial charge in [-0.05, 0) is 38.5 Å². The van der Waals surface area contributed by atoms with Gasteiger partial charge in [-0.25, -0.2) is 4.98 Å². The zero-order chi connectivity index (χ0) is 17.7. The molecule has 0 saturated heterocycles. The van der Waals surface area contributed by atoms with E-state index in [-0.39, 0.29) is 5.57 Å². The molecule has 2 rings (SSSR count). The molecule has 0 aromatic carbocycles. The number of nitriles is 1. The van der Waals surface area contributed by atoms with Crippen molar-refractivity contribution in [1.29, 1.82) is 5.26 Å². The highest BCUT2D eigenvalue weighted by Crippen LogP contribution is 2.20. The number of thiazole rings is 1. The predicted molar refractivity (Wildman–Crippen MR) is 94.9 cm³/mol. The number of carbonyl (C=O) groups excluding carboxylic acids is 1. The van der Waals surface area contributed by atoms with E-state index < -0.39 is 5.91 Å². The van der Waals surface area contributed by atoms with Crippen molar-refractivity contribution in [2.24, 2.45) is 0 Å². The number of anilines is 1. The highest BCUT2D eigenvalue weighted by atomic mass is 32.1. The fraction of sp³-hybridized carbons (Fsp3) is 0.353. The molecule has 2 aromatic heterocycles. The second-order valence-electron chi connectivity index (χ2n) is 5.37. The Bertz CT molecular complexity index is 811. The van der Waals surface area contributed by atoms with Crippen LogP contribution in [-0.2, 0) is 16.1 Å². The van der Waals surface area contributed by atoms with E-state index in [1.165, 1.54) is 11.3 Å². The van der Waals surface area contributed by atoms with Crippen molar-refractivity contribution in [3.05, 3.63) is 39.7 Å². The topological polar surface area (TPSA) is 79.9 Å². The van der Waals surface area contributed by atoms with Gasteiger partial charge in [0.25, 0.3) is 5.91 Å². The lowest BCUT2D eigenvalue weighted by Crippen LogP contribution is -2.13. The van der Waals surface area contributed by atoms with Crippen LogP contribution in [0.2, 0.25) is 0 Å². The largest absolute Gasteiger partial charge is 0.383 e. The van der Waals surface area contributed by atoms with Crippen molar-refractivity contribution in [3.63, 3.8) is 0 Å². The fourth-order valence-corrected chi connectivity index (χ4v) is 3.04. The van der Waals surface area contributed by atoms with Crippen molar-refractivity contribution in [2.75, 3.05) is 19.0 Å². The fourth-order valence-electron chi connectivity index (χ4n) is 2.38. The van der Waals surface area contributed by atoms with E-state index in [4.69, 9.17) is 4.74 Å². The maximum Gasteiger partial charge on any atom is 0.268 e. The molecule has 0 aliphatic rings. The highest BCUT2D eigenvalue weighted by Gasteiger charge is 2.14. The van der Waals surface area contributed by atoms with Gasteiger partial charge in [-0.2, -0.15) is 5.26 Å². The quantitative estimate of drug-likeness (QED) is 0.645. The molecule has 24 heavy (non-hydrogen) atoms. The third kappa shape index (κ3) is 4.10. The van der Waals surface area contributed by atoms with Crippen LogP contribution < -0.4 is 5.32 Å². The van der Waals surface area contributed by atoms with E-state index in [0.717, 1.165) is 28.4 Å². The molecule has 1 amide bonds. The highest BCUT2D eigenvalue weighted by molar-refractivity contribution is 7.15. The number of ether oxygens (including phenoxy) is 1. The number of amides is 1. The molecule has 0 aliphatic heterocycles. The summed E-state index contributed by atoms with van der Waals surface area (Å²) in [6.45, 7) is 7.20. The summed E-state index contributed by atoms with van der Waals surface area (Å²) in [6.07, 6.45) is 3.29. The molecular weight excluding hydrogens is 324 g/mol. The number of aryl methyl sites for hydroxylation is 2. The van der Waals surface area contributed by atoms with E-state index in [2.05, 4.69) is 14.9 Å². The van der Waals surface area contributed by atoms with Crippen molar-refractivity contribution >= 4 is 28.5 Å². The molecule has 2 heterocycles. The third-order valence-corrected chi connectivity index (χ3v) is 4.47. The van der Waals surface area contributed by atoms with E-state index in [0.29, 0.717) is 11.7 Å². The van der Waals surface area contributed by atoms with Crippen LogP contribution in [0.3, 0.4) is 0 Å². The first-order valence-corrected chi connectivity index (χ1v) is 8.29. The summed E-state index contributed by atoms with van der Waals surface area (Å²) >= 11 is 1.37. The summed E-state index contributed by atoms with van der Waals surface area (Å²) in [5, 5.41) is 12.5. The standard InChI is InChI=1S/C17H20N4O2S/c1-11-7-14(13(3)21(11)5-6-23-4)8-15(9-18)16(22)20-17-19-10-12(2)24-17/h7-8,10H,5-6H2,1-4H3,(H,19,20,22). The summed E-state index contributed by atoms with van der Waals surface area (Å²) in [5.41, 5.74) is 2.96. The normalized spacial score (nSPS) is 11.4. The first kappa shape index (κ1) is 17.9. The lowest BCUT2D eigenvalue weighted by atomic mass is 10.1. The minimum absolute atomic E-state index is 0.0508. The number of hydrogen-bond donors (Lipinski definition) is 1. The minimum Gasteiger partial charge on any atom is -0.383 e. The molecule has 1 N–H and O–H groups in total. The maximum atomic E-state index is 12.3.